The molecule has 1 aromatic rings. The van der Waals surface area contributed by atoms with Gasteiger partial charge in [0.1, 0.15) is 0 Å². The molecule has 3 rings (SSSR count). The molecule has 1 aromatic carbocycles. The molecule has 8 nitrogen and oxygen atoms in total. The van der Waals surface area contributed by atoms with Crippen LogP contribution >= 0.6 is 0 Å². The van der Waals surface area contributed by atoms with Crippen molar-refractivity contribution >= 4 is 17.8 Å². The number of aliphatic imine (C=N–C) groups is 1. The topological polar surface area (TPSA) is 103 Å². The summed E-state index contributed by atoms with van der Waals surface area (Å²) in [5.41, 5.74) is 0.943. The van der Waals surface area contributed by atoms with E-state index in [1.54, 1.807) is 31.3 Å². The zero-order chi connectivity index (χ0) is 20.7. The van der Waals surface area contributed by atoms with Crippen molar-refractivity contribution in [2.75, 3.05) is 46.5 Å². The van der Waals surface area contributed by atoms with Gasteiger partial charge in [-0.15, -0.1) is 0 Å². The number of rotatable bonds is 9. The van der Waals surface area contributed by atoms with Crippen molar-refractivity contribution in [2.45, 2.75) is 25.7 Å². The molecule has 8 heteroatoms. The lowest BCUT2D eigenvalue weighted by atomic mass is 9.84. The number of unbranched alkanes of at least 4 members (excludes halogenated alkanes) is 1. The lowest BCUT2D eigenvalue weighted by Crippen LogP contribution is -2.44. The van der Waals surface area contributed by atoms with E-state index in [0.29, 0.717) is 49.7 Å². The Balaban J connectivity index is 1.38. The number of carbonyl (C=O) groups is 2. The molecule has 0 aliphatic carbocycles. The van der Waals surface area contributed by atoms with E-state index in [1.807, 2.05) is 0 Å². The Morgan fingerprint density at radius 1 is 1.21 bits per heavy atom. The number of hydrogen-bond acceptors (Lipinski definition) is 5. The third kappa shape index (κ3) is 4.94. The molecule has 2 aliphatic rings. The first-order chi connectivity index (χ1) is 14.1. The van der Waals surface area contributed by atoms with E-state index in [4.69, 9.17) is 4.74 Å². The molecule has 29 heavy (non-hydrogen) atoms. The third-order valence-corrected chi connectivity index (χ3v) is 5.66. The monoisotopic (exact) mass is 402 g/mol. The Hall–Kier alpha value is -2.45. The average Bonchev–Trinajstić information content (AvgIpc) is 3.29. The van der Waals surface area contributed by atoms with E-state index >= 15 is 0 Å². The van der Waals surface area contributed by atoms with Crippen molar-refractivity contribution in [1.82, 2.24) is 15.5 Å². The number of amides is 2. The number of aliphatic hydroxyl groups is 1. The zero-order valence-electron chi connectivity index (χ0n) is 16.9. The Bertz CT molecular complexity index is 724. The first kappa shape index (κ1) is 21.3. The fourth-order valence-corrected chi connectivity index (χ4v) is 3.85. The van der Waals surface area contributed by atoms with Crippen LogP contribution in [0.4, 0.5) is 0 Å². The van der Waals surface area contributed by atoms with Crippen LogP contribution < -0.4 is 10.6 Å². The number of imide groups is 1. The summed E-state index contributed by atoms with van der Waals surface area (Å²) in [7, 11) is 1.72. The summed E-state index contributed by atoms with van der Waals surface area (Å²) >= 11 is 0. The molecular weight excluding hydrogens is 372 g/mol. The maximum atomic E-state index is 12.4. The number of aliphatic hydroxyl groups excluding tert-OH is 1. The van der Waals surface area contributed by atoms with E-state index in [1.165, 1.54) is 4.90 Å². The first-order valence-electron chi connectivity index (χ1n) is 10.2. The minimum atomic E-state index is -0.205. The van der Waals surface area contributed by atoms with Crippen molar-refractivity contribution in [3.05, 3.63) is 35.4 Å². The van der Waals surface area contributed by atoms with Crippen LogP contribution in [-0.2, 0) is 4.74 Å². The third-order valence-electron chi connectivity index (χ3n) is 5.66. The summed E-state index contributed by atoms with van der Waals surface area (Å²) in [6, 6.07) is 6.95. The van der Waals surface area contributed by atoms with E-state index in [2.05, 4.69) is 15.6 Å². The molecule has 0 bridgehead atoms. The second-order valence-corrected chi connectivity index (χ2v) is 7.64. The summed E-state index contributed by atoms with van der Waals surface area (Å²) < 4.78 is 5.51. The molecule has 1 saturated heterocycles. The number of nitrogens with zero attached hydrogens (tertiary/aromatic N) is 2. The summed E-state index contributed by atoms with van der Waals surface area (Å²) in [4.78, 5) is 30.3. The number of hydrogen-bond donors (Lipinski definition) is 3. The van der Waals surface area contributed by atoms with Gasteiger partial charge in [-0.2, -0.15) is 0 Å². The van der Waals surface area contributed by atoms with Crippen LogP contribution in [0.1, 0.15) is 46.4 Å². The molecular formula is C21H30N4O4. The Labute approximate surface area is 171 Å². The van der Waals surface area contributed by atoms with E-state index in [-0.39, 0.29) is 23.8 Å². The summed E-state index contributed by atoms with van der Waals surface area (Å²) in [6.45, 7) is 3.32. The molecule has 1 fully saturated rings. The van der Waals surface area contributed by atoms with Gasteiger partial charge in [-0.25, -0.2) is 0 Å². The van der Waals surface area contributed by atoms with Gasteiger partial charge in [0.25, 0.3) is 11.8 Å². The fourth-order valence-electron chi connectivity index (χ4n) is 3.85. The van der Waals surface area contributed by atoms with Gasteiger partial charge < -0.3 is 20.5 Å². The van der Waals surface area contributed by atoms with Crippen molar-refractivity contribution < 1.29 is 19.4 Å². The van der Waals surface area contributed by atoms with Gasteiger partial charge in [0.05, 0.1) is 17.7 Å². The SMILES string of the molecule is CN=C(NCCCCN1C(=O)c2ccccc2C1=O)NCC1(CCO)CCOC1. The fraction of sp³-hybridized carbons (Fsp3) is 0.571. The lowest BCUT2D eigenvalue weighted by Gasteiger charge is -2.27. The van der Waals surface area contributed by atoms with Crippen molar-refractivity contribution in [3.63, 3.8) is 0 Å². The predicted octanol–water partition coefficient (Wildman–Crippen LogP) is 1.02. The Morgan fingerprint density at radius 2 is 1.93 bits per heavy atom. The average molecular weight is 402 g/mol. The van der Waals surface area contributed by atoms with Gasteiger partial charge in [0.15, 0.2) is 5.96 Å². The van der Waals surface area contributed by atoms with Gasteiger partial charge in [0.2, 0.25) is 0 Å². The second-order valence-electron chi connectivity index (χ2n) is 7.64. The molecule has 2 amide bonds. The molecule has 1 atom stereocenters. The summed E-state index contributed by atoms with van der Waals surface area (Å²) in [6.07, 6.45) is 3.16. The quantitative estimate of drug-likeness (QED) is 0.247. The highest BCUT2D eigenvalue weighted by Crippen LogP contribution is 2.31. The number of fused-ring (bicyclic) bond motifs is 1. The molecule has 0 aromatic heterocycles. The number of benzene rings is 1. The minimum Gasteiger partial charge on any atom is -0.396 e. The van der Waals surface area contributed by atoms with E-state index < -0.39 is 0 Å². The predicted molar refractivity (Wildman–Crippen MR) is 110 cm³/mol. The maximum absolute atomic E-state index is 12.4. The number of ether oxygens (including phenoxy) is 1. The van der Waals surface area contributed by atoms with Gasteiger partial charge in [-0.1, -0.05) is 12.1 Å². The number of carbonyl (C=O) groups excluding carboxylic acids is 2. The minimum absolute atomic E-state index is 0.0438. The molecule has 3 N–H and O–H groups in total. The lowest BCUT2D eigenvalue weighted by molar-refractivity contribution is 0.0652. The van der Waals surface area contributed by atoms with Gasteiger partial charge in [-0.3, -0.25) is 19.5 Å². The number of nitrogens with one attached hydrogen (secondary N) is 2. The van der Waals surface area contributed by atoms with Crippen LogP contribution in [0, 0.1) is 5.41 Å². The molecule has 0 spiro atoms. The molecule has 0 saturated carbocycles. The van der Waals surface area contributed by atoms with Crippen molar-refractivity contribution in [2.24, 2.45) is 10.4 Å². The van der Waals surface area contributed by atoms with Crippen LogP contribution in [0.15, 0.2) is 29.3 Å². The van der Waals surface area contributed by atoms with Crippen LogP contribution in [0.5, 0.6) is 0 Å². The van der Waals surface area contributed by atoms with E-state index in [0.717, 1.165) is 25.9 Å². The highest BCUT2D eigenvalue weighted by atomic mass is 16.5. The number of guanidine groups is 1. The molecule has 1 unspecified atom stereocenters. The van der Waals surface area contributed by atoms with Crippen LogP contribution in [0.3, 0.4) is 0 Å². The largest absolute Gasteiger partial charge is 0.396 e. The van der Waals surface area contributed by atoms with Gasteiger partial charge in [-0.05, 0) is 37.8 Å². The maximum Gasteiger partial charge on any atom is 0.261 e. The standard InChI is InChI=1S/C21H30N4O4/c1-22-20(24-14-21(8-12-26)9-13-29-15-21)23-10-4-5-11-25-18(27)16-6-2-3-7-17(16)19(25)28/h2-3,6-7,26H,4-5,8-15H2,1H3,(H2,22,23,24). The van der Waals surface area contributed by atoms with Crippen LogP contribution in [-0.4, -0.2) is 74.3 Å². The molecule has 158 valence electrons. The van der Waals surface area contributed by atoms with E-state index in [9.17, 15) is 14.7 Å². The van der Waals surface area contributed by atoms with Crippen LogP contribution in [0.2, 0.25) is 0 Å². The molecule has 2 heterocycles. The van der Waals surface area contributed by atoms with Gasteiger partial charge in [0, 0.05) is 45.3 Å². The summed E-state index contributed by atoms with van der Waals surface area (Å²) in [5, 5.41) is 15.9. The Kier molecular flexibility index (Phi) is 7.22. The van der Waals surface area contributed by atoms with Crippen molar-refractivity contribution in [1.29, 1.82) is 0 Å². The van der Waals surface area contributed by atoms with Crippen molar-refractivity contribution in [3.8, 4) is 0 Å². The smallest absolute Gasteiger partial charge is 0.261 e. The summed E-state index contributed by atoms with van der Waals surface area (Å²) in [5.74, 6) is 0.294. The molecule has 2 aliphatic heterocycles. The zero-order valence-corrected chi connectivity index (χ0v) is 16.9. The normalized spacial score (nSPS) is 21.6. The highest BCUT2D eigenvalue weighted by molar-refractivity contribution is 6.21. The van der Waals surface area contributed by atoms with Crippen LogP contribution in [0.25, 0.3) is 0 Å². The molecule has 0 radical (unpaired) electrons. The highest BCUT2D eigenvalue weighted by Gasteiger charge is 2.35. The second kappa shape index (κ2) is 9.84. The Morgan fingerprint density at radius 3 is 2.52 bits per heavy atom. The first-order valence-corrected chi connectivity index (χ1v) is 10.2. The van der Waals surface area contributed by atoms with Gasteiger partial charge >= 0.3 is 0 Å².